The molecule has 0 aliphatic heterocycles. The van der Waals surface area contributed by atoms with E-state index in [1.54, 1.807) is 0 Å². The van der Waals surface area contributed by atoms with Crippen LogP contribution < -0.4 is 4.48 Å². The fourth-order valence-corrected chi connectivity index (χ4v) is 2.91. The molecule has 0 aliphatic carbocycles. The number of carbonyl (C=O) groups is 1. The Morgan fingerprint density at radius 2 is 1.56 bits per heavy atom. The largest absolute Gasteiger partial charge is 0.741 e. The number of methoxy groups -OCH3 is 1. The molecular weight excluding hydrogens is 439 g/mol. The van der Waals surface area contributed by atoms with E-state index in [0.29, 0.717) is 5.69 Å². The molecular formula is C13H17ClF3NO7S2. The first kappa shape index (κ1) is 25.6. The van der Waals surface area contributed by atoms with Crippen LogP contribution in [-0.4, -0.2) is 67.4 Å². The lowest BCUT2D eigenvalue weighted by atomic mass is 10.2. The summed E-state index contributed by atoms with van der Waals surface area (Å²) in [6.45, 7) is 0. The van der Waals surface area contributed by atoms with Crippen molar-refractivity contribution in [3.05, 3.63) is 22.7 Å². The number of sulfone groups is 1. The number of esters is 1. The molecule has 0 atom stereocenters. The Hall–Kier alpha value is -1.41. The number of rotatable bonds is 3. The lowest BCUT2D eigenvalue weighted by Gasteiger charge is -2.26. The van der Waals surface area contributed by atoms with Crippen LogP contribution in [-0.2, 0) is 24.7 Å². The van der Waals surface area contributed by atoms with Crippen molar-refractivity contribution in [3.63, 3.8) is 0 Å². The van der Waals surface area contributed by atoms with Crippen LogP contribution in [0.3, 0.4) is 0 Å². The van der Waals surface area contributed by atoms with Crippen molar-refractivity contribution in [2.45, 2.75) is 10.4 Å². The first-order valence-corrected chi connectivity index (χ1v) is 10.4. The Morgan fingerprint density at radius 1 is 1.15 bits per heavy atom. The summed E-state index contributed by atoms with van der Waals surface area (Å²) in [5.41, 5.74) is -5.09. The zero-order valence-electron chi connectivity index (χ0n) is 14.8. The summed E-state index contributed by atoms with van der Waals surface area (Å²) >= 11 is 6.03. The highest BCUT2D eigenvalue weighted by atomic mass is 35.5. The molecule has 1 rings (SSSR count). The topological polar surface area (TPSA) is 118 Å². The Kier molecular flexibility index (Phi) is 7.87. The Labute approximate surface area is 159 Å². The molecule has 27 heavy (non-hydrogen) atoms. The van der Waals surface area contributed by atoms with Gasteiger partial charge in [-0.15, -0.1) is 0 Å². The van der Waals surface area contributed by atoms with Crippen LogP contribution in [0.1, 0.15) is 10.4 Å². The normalized spacial score (nSPS) is 12.8. The van der Waals surface area contributed by atoms with Gasteiger partial charge in [0, 0.05) is 12.3 Å². The predicted octanol–water partition coefficient (Wildman–Crippen LogP) is 1.78. The highest BCUT2D eigenvalue weighted by Crippen LogP contribution is 2.33. The highest BCUT2D eigenvalue weighted by molar-refractivity contribution is 7.90. The lowest BCUT2D eigenvalue weighted by molar-refractivity contribution is -0.0517. The van der Waals surface area contributed by atoms with E-state index < -0.39 is 31.4 Å². The van der Waals surface area contributed by atoms with Crippen LogP contribution in [0.25, 0.3) is 0 Å². The Bertz CT molecular complexity index is 920. The van der Waals surface area contributed by atoms with Crippen molar-refractivity contribution in [1.82, 2.24) is 4.48 Å². The van der Waals surface area contributed by atoms with Gasteiger partial charge in [-0.05, 0) is 6.07 Å². The number of nitrogens with zero attached hydrogens (tertiary/aromatic N) is 1. The highest BCUT2D eigenvalue weighted by Gasteiger charge is 2.37. The standard InChI is InChI=1S/C12H17ClNO4S.CHF3O3S/c1-14(2,3)10-7-9(13)8(12(15)18-4)6-11(10)19(5,16)17;2-1(3,4)8(5,6)7/h6-7H,1-5H3;(H,5,6,7)/q+1;/p-1. The second kappa shape index (κ2) is 8.31. The number of halogens is 4. The van der Waals surface area contributed by atoms with Crippen LogP contribution in [0.2, 0.25) is 5.02 Å². The van der Waals surface area contributed by atoms with E-state index >= 15 is 0 Å². The first-order valence-electron chi connectivity index (χ1n) is 6.69. The molecule has 0 radical (unpaired) electrons. The maximum absolute atomic E-state index is 11.9. The Balaban J connectivity index is 0.000000713. The van der Waals surface area contributed by atoms with E-state index in [4.69, 9.17) is 24.6 Å². The van der Waals surface area contributed by atoms with Crippen LogP contribution in [0, 0.1) is 0 Å². The summed E-state index contributed by atoms with van der Waals surface area (Å²) in [6, 6.07) is 2.76. The monoisotopic (exact) mass is 455 g/mol. The van der Waals surface area contributed by atoms with Gasteiger partial charge in [0.15, 0.2) is 25.6 Å². The van der Waals surface area contributed by atoms with Crippen molar-refractivity contribution in [2.24, 2.45) is 0 Å². The summed E-state index contributed by atoms with van der Waals surface area (Å²) in [5.74, 6) is -0.664. The third-order valence-corrected chi connectivity index (χ3v) is 4.87. The molecule has 0 saturated carbocycles. The van der Waals surface area contributed by atoms with Crippen LogP contribution in [0.15, 0.2) is 17.0 Å². The minimum atomic E-state index is -6.09. The van der Waals surface area contributed by atoms with Gasteiger partial charge < -0.3 is 9.29 Å². The predicted molar refractivity (Wildman–Crippen MR) is 91.2 cm³/mol. The summed E-state index contributed by atoms with van der Waals surface area (Å²) in [4.78, 5) is 11.6. The number of quaternary nitrogens is 1. The van der Waals surface area contributed by atoms with Crippen LogP contribution in [0.4, 0.5) is 18.9 Å². The molecule has 0 unspecified atom stereocenters. The second-order valence-electron chi connectivity index (χ2n) is 5.98. The molecule has 14 heteroatoms. The molecule has 0 amide bonds. The fraction of sp³-hybridized carbons (Fsp3) is 0.462. The molecule has 1 aromatic rings. The van der Waals surface area contributed by atoms with Gasteiger partial charge in [-0.2, -0.15) is 13.2 Å². The summed E-state index contributed by atoms with van der Waals surface area (Å²) in [7, 11) is -2.90. The smallest absolute Gasteiger partial charge is 0.485 e. The maximum Gasteiger partial charge on any atom is 0.485 e. The van der Waals surface area contributed by atoms with E-state index in [1.165, 1.54) is 19.2 Å². The molecule has 8 nitrogen and oxygen atoms in total. The minimum absolute atomic E-state index is 0.0433. The van der Waals surface area contributed by atoms with E-state index in [2.05, 4.69) is 4.74 Å². The fourth-order valence-electron chi connectivity index (χ4n) is 1.63. The molecule has 0 fully saturated rings. The number of carbonyl (C=O) groups excluding carboxylic acids is 1. The second-order valence-corrected chi connectivity index (χ2v) is 9.74. The molecule has 0 aromatic heterocycles. The van der Waals surface area contributed by atoms with Crippen molar-refractivity contribution in [2.75, 3.05) is 34.5 Å². The van der Waals surface area contributed by atoms with Crippen LogP contribution >= 0.6 is 11.6 Å². The SMILES string of the molecule is COC(=O)c1cc(S(C)(=O)=O)c([N+](C)(C)C)cc1Cl.O=S(=O)([O-])C(F)(F)F. The molecule has 1 aromatic carbocycles. The number of hydrogen-bond donors (Lipinski definition) is 0. The molecule has 156 valence electrons. The van der Waals surface area contributed by atoms with Gasteiger partial charge in [-0.1, -0.05) is 11.6 Å². The number of alkyl halides is 3. The average Bonchev–Trinajstić information content (AvgIpc) is 2.42. The van der Waals surface area contributed by atoms with E-state index in [0.717, 1.165) is 6.26 Å². The molecule has 0 spiro atoms. The van der Waals surface area contributed by atoms with Gasteiger partial charge in [0.1, 0.15) is 4.90 Å². The van der Waals surface area contributed by atoms with E-state index in [1.807, 2.05) is 21.1 Å². The van der Waals surface area contributed by atoms with Crippen LogP contribution in [0.5, 0.6) is 0 Å². The molecule has 0 aliphatic rings. The summed E-state index contributed by atoms with van der Waals surface area (Å²) < 4.78 is 87.5. The van der Waals surface area contributed by atoms with E-state index in [-0.39, 0.29) is 20.0 Å². The molecule has 0 saturated heterocycles. The zero-order chi connectivity index (χ0) is 22.0. The zero-order valence-corrected chi connectivity index (χ0v) is 17.2. The van der Waals surface area contributed by atoms with Crippen molar-refractivity contribution in [3.8, 4) is 0 Å². The van der Waals surface area contributed by atoms with Crippen molar-refractivity contribution >= 4 is 43.2 Å². The number of benzene rings is 1. The van der Waals surface area contributed by atoms with Gasteiger partial charge in [0.2, 0.25) is 0 Å². The Morgan fingerprint density at radius 3 is 1.81 bits per heavy atom. The third kappa shape index (κ3) is 7.25. The van der Waals surface area contributed by atoms with Gasteiger partial charge in [-0.25, -0.2) is 21.6 Å². The van der Waals surface area contributed by atoms with Gasteiger partial charge in [-0.3, -0.25) is 4.48 Å². The number of hydrogen-bond acceptors (Lipinski definition) is 7. The van der Waals surface area contributed by atoms with Gasteiger partial charge in [0.25, 0.3) is 0 Å². The van der Waals surface area contributed by atoms with E-state index in [9.17, 15) is 26.4 Å². The summed E-state index contributed by atoms with van der Waals surface area (Å²) in [6.07, 6.45) is 1.09. The lowest BCUT2D eigenvalue weighted by Crippen LogP contribution is -2.36. The van der Waals surface area contributed by atoms with Crippen molar-refractivity contribution in [1.29, 1.82) is 0 Å². The van der Waals surface area contributed by atoms with Gasteiger partial charge >= 0.3 is 11.5 Å². The van der Waals surface area contributed by atoms with Gasteiger partial charge in [0.05, 0.1) is 38.8 Å². The summed E-state index contributed by atoms with van der Waals surface area (Å²) in [5, 5.41) is 0.169. The molecule has 0 bridgehead atoms. The first-order chi connectivity index (χ1) is 11.7. The third-order valence-electron chi connectivity index (χ3n) is 2.86. The molecule has 0 heterocycles. The molecule has 0 N–H and O–H groups in total. The average molecular weight is 456 g/mol. The minimum Gasteiger partial charge on any atom is -0.741 e. The number of ether oxygens (including phenoxy) is 1. The quantitative estimate of drug-likeness (QED) is 0.295. The van der Waals surface area contributed by atoms with Crippen molar-refractivity contribution < 1.29 is 44.1 Å². The maximum atomic E-state index is 11.9.